The van der Waals surface area contributed by atoms with Crippen molar-refractivity contribution in [3.05, 3.63) is 18.2 Å². The van der Waals surface area contributed by atoms with Gasteiger partial charge < -0.3 is 19.7 Å². The Kier molecular flexibility index (Phi) is 2.36. The summed E-state index contributed by atoms with van der Waals surface area (Å²) >= 11 is 0. The van der Waals surface area contributed by atoms with Gasteiger partial charge in [-0.3, -0.25) is 0 Å². The quantitative estimate of drug-likeness (QED) is 0.766. The number of rotatable bonds is 3. The van der Waals surface area contributed by atoms with Crippen molar-refractivity contribution in [1.82, 2.24) is 5.32 Å². The number of benzene rings is 1. The molecule has 16 heavy (non-hydrogen) atoms. The maximum absolute atomic E-state index is 5.57. The molecule has 0 radical (unpaired) electrons. The smallest absolute Gasteiger partial charge is 0.163 e. The minimum Gasteiger partial charge on any atom is -0.486 e. The number of ether oxygens (including phenoxy) is 2. The van der Waals surface area contributed by atoms with Crippen molar-refractivity contribution in [1.29, 1.82) is 0 Å². The summed E-state index contributed by atoms with van der Waals surface area (Å²) in [5.74, 6) is 1.74. The van der Waals surface area contributed by atoms with Gasteiger partial charge in [0.15, 0.2) is 11.5 Å². The number of nitrogens with zero attached hydrogens (tertiary/aromatic N) is 1. The number of likely N-dealkylation sites (N-methyl/N-ethyl adjacent to an activating group) is 1. The molecule has 4 nitrogen and oxygen atoms in total. The molecule has 1 aromatic rings. The van der Waals surface area contributed by atoms with E-state index in [4.69, 9.17) is 9.47 Å². The van der Waals surface area contributed by atoms with Gasteiger partial charge in [0.2, 0.25) is 0 Å². The van der Waals surface area contributed by atoms with Crippen LogP contribution in [0.4, 0.5) is 5.69 Å². The number of anilines is 1. The van der Waals surface area contributed by atoms with Gasteiger partial charge in [0.25, 0.3) is 0 Å². The summed E-state index contributed by atoms with van der Waals surface area (Å²) in [6.07, 6.45) is 0. The van der Waals surface area contributed by atoms with E-state index in [1.807, 2.05) is 13.1 Å². The van der Waals surface area contributed by atoms with Gasteiger partial charge in [-0.05, 0) is 19.2 Å². The molecule has 1 unspecified atom stereocenters. The van der Waals surface area contributed by atoms with Crippen LogP contribution in [0.5, 0.6) is 11.5 Å². The molecule has 4 heteroatoms. The Bertz CT molecular complexity index is 395. The molecule has 3 rings (SSSR count). The molecule has 0 aromatic heterocycles. The summed E-state index contributed by atoms with van der Waals surface area (Å²) in [6, 6.07) is 6.80. The van der Waals surface area contributed by atoms with Crippen LogP contribution in [-0.4, -0.2) is 39.4 Å². The summed E-state index contributed by atoms with van der Waals surface area (Å²) in [5.41, 5.74) is 1.23. The van der Waals surface area contributed by atoms with Crippen LogP contribution in [0.25, 0.3) is 0 Å². The Morgan fingerprint density at radius 3 is 2.94 bits per heavy atom. The summed E-state index contributed by atoms with van der Waals surface area (Å²) in [5, 5.41) is 3.19. The third-order valence-corrected chi connectivity index (χ3v) is 3.01. The van der Waals surface area contributed by atoms with Crippen LogP contribution in [0.3, 0.4) is 0 Å². The van der Waals surface area contributed by atoms with Gasteiger partial charge in [0.05, 0.1) is 6.04 Å². The third-order valence-electron chi connectivity index (χ3n) is 3.01. The van der Waals surface area contributed by atoms with E-state index in [-0.39, 0.29) is 0 Å². The van der Waals surface area contributed by atoms with Gasteiger partial charge in [-0.1, -0.05) is 0 Å². The zero-order chi connectivity index (χ0) is 11.0. The highest BCUT2D eigenvalue weighted by molar-refractivity contribution is 5.61. The topological polar surface area (TPSA) is 33.5 Å². The van der Waals surface area contributed by atoms with Crippen LogP contribution in [-0.2, 0) is 0 Å². The van der Waals surface area contributed by atoms with Crippen molar-refractivity contribution in [2.75, 3.05) is 38.3 Å². The largest absolute Gasteiger partial charge is 0.486 e. The highest BCUT2D eigenvalue weighted by Gasteiger charge is 2.33. The minimum atomic E-state index is 0.632. The number of hydrogen-bond donors (Lipinski definition) is 1. The van der Waals surface area contributed by atoms with Crippen LogP contribution < -0.4 is 19.7 Å². The molecular weight excluding hydrogens is 204 g/mol. The van der Waals surface area contributed by atoms with Gasteiger partial charge in [-0.2, -0.15) is 0 Å². The Morgan fingerprint density at radius 1 is 1.31 bits per heavy atom. The average molecular weight is 220 g/mol. The fourth-order valence-corrected chi connectivity index (χ4v) is 2.12. The number of hydrogen-bond acceptors (Lipinski definition) is 4. The first-order valence-corrected chi connectivity index (χ1v) is 5.69. The van der Waals surface area contributed by atoms with Crippen LogP contribution in [0, 0.1) is 0 Å². The summed E-state index contributed by atoms with van der Waals surface area (Å²) in [4.78, 5) is 2.36. The predicted molar refractivity (Wildman–Crippen MR) is 62.5 cm³/mol. The molecule has 1 atom stereocenters. The van der Waals surface area contributed by atoms with Crippen LogP contribution in [0.2, 0.25) is 0 Å². The van der Waals surface area contributed by atoms with Crippen molar-refractivity contribution >= 4 is 5.69 Å². The Labute approximate surface area is 95.1 Å². The van der Waals surface area contributed by atoms with Crippen molar-refractivity contribution in [3.8, 4) is 11.5 Å². The molecule has 1 fully saturated rings. The second-order valence-electron chi connectivity index (χ2n) is 4.19. The highest BCUT2D eigenvalue weighted by atomic mass is 16.6. The molecule has 0 bridgehead atoms. The summed E-state index contributed by atoms with van der Waals surface area (Å²) < 4.78 is 11.1. The fourth-order valence-electron chi connectivity index (χ4n) is 2.12. The lowest BCUT2D eigenvalue weighted by Crippen LogP contribution is -2.18. The van der Waals surface area contributed by atoms with E-state index in [1.54, 1.807) is 0 Å². The van der Waals surface area contributed by atoms with E-state index >= 15 is 0 Å². The Morgan fingerprint density at radius 2 is 2.12 bits per heavy atom. The van der Waals surface area contributed by atoms with Gasteiger partial charge in [-0.25, -0.2) is 0 Å². The second-order valence-corrected chi connectivity index (χ2v) is 4.19. The van der Waals surface area contributed by atoms with Gasteiger partial charge in [0, 0.05) is 24.8 Å². The highest BCUT2D eigenvalue weighted by Crippen LogP contribution is 2.37. The lowest BCUT2D eigenvalue weighted by Gasteiger charge is -2.19. The molecule has 0 spiro atoms. The van der Waals surface area contributed by atoms with E-state index in [9.17, 15) is 0 Å². The first kappa shape index (κ1) is 9.78. The van der Waals surface area contributed by atoms with Crippen LogP contribution in [0.1, 0.15) is 0 Å². The lowest BCUT2D eigenvalue weighted by atomic mass is 10.2. The molecule has 2 aliphatic heterocycles. The summed E-state index contributed by atoms with van der Waals surface area (Å²) in [7, 11) is 1.99. The molecule has 0 aliphatic carbocycles. The SMILES string of the molecule is CNCC1CN1c1ccc2c(c1)OCCO2. The van der Waals surface area contributed by atoms with Gasteiger partial charge >= 0.3 is 0 Å². The first-order valence-electron chi connectivity index (χ1n) is 5.69. The summed E-state index contributed by atoms with van der Waals surface area (Å²) in [6.45, 7) is 3.46. The fraction of sp³-hybridized carbons (Fsp3) is 0.500. The molecule has 2 heterocycles. The predicted octanol–water partition coefficient (Wildman–Crippen LogP) is 0.866. The van der Waals surface area contributed by atoms with Crippen LogP contribution in [0.15, 0.2) is 18.2 Å². The maximum Gasteiger partial charge on any atom is 0.163 e. The zero-order valence-corrected chi connectivity index (χ0v) is 9.40. The van der Waals surface area contributed by atoms with Gasteiger partial charge in [-0.15, -0.1) is 0 Å². The van der Waals surface area contributed by atoms with E-state index < -0.39 is 0 Å². The third kappa shape index (κ3) is 1.69. The van der Waals surface area contributed by atoms with E-state index in [0.29, 0.717) is 19.3 Å². The Hall–Kier alpha value is -1.42. The zero-order valence-electron chi connectivity index (χ0n) is 9.40. The van der Waals surface area contributed by atoms with Crippen LogP contribution >= 0.6 is 0 Å². The van der Waals surface area contributed by atoms with E-state index in [2.05, 4.69) is 22.3 Å². The van der Waals surface area contributed by atoms with Crippen molar-refractivity contribution in [2.45, 2.75) is 6.04 Å². The normalized spacial score (nSPS) is 22.1. The average Bonchev–Trinajstić information content (AvgIpc) is 3.08. The van der Waals surface area contributed by atoms with E-state index in [0.717, 1.165) is 24.6 Å². The molecule has 1 saturated heterocycles. The van der Waals surface area contributed by atoms with Crippen molar-refractivity contribution in [2.24, 2.45) is 0 Å². The molecular formula is C12H16N2O2. The van der Waals surface area contributed by atoms with Gasteiger partial charge in [0.1, 0.15) is 13.2 Å². The standard InChI is InChI=1S/C12H16N2O2/c1-13-7-10-8-14(10)9-2-3-11-12(6-9)16-5-4-15-11/h2-3,6,10,13H,4-5,7-8H2,1H3. The molecule has 1 N–H and O–H groups in total. The Balaban J connectivity index is 1.77. The molecule has 1 aromatic carbocycles. The second kappa shape index (κ2) is 3.87. The lowest BCUT2D eigenvalue weighted by molar-refractivity contribution is 0.171. The minimum absolute atomic E-state index is 0.632. The number of fused-ring (bicyclic) bond motifs is 1. The first-order chi connectivity index (χ1) is 7.88. The monoisotopic (exact) mass is 220 g/mol. The molecule has 0 saturated carbocycles. The van der Waals surface area contributed by atoms with Crippen molar-refractivity contribution < 1.29 is 9.47 Å². The van der Waals surface area contributed by atoms with Crippen molar-refractivity contribution in [3.63, 3.8) is 0 Å². The van der Waals surface area contributed by atoms with E-state index in [1.165, 1.54) is 5.69 Å². The number of nitrogens with one attached hydrogen (secondary N) is 1. The molecule has 0 amide bonds. The molecule has 86 valence electrons. The maximum atomic E-state index is 5.57. The molecule has 2 aliphatic rings.